The van der Waals surface area contributed by atoms with Crippen molar-refractivity contribution in [3.8, 4) is 11.5 Å². The van der Waals surface area contributed by atoms with Crippen LogP contribution in [0.5, 0.6) is 11.5 Å². The number of methoxy groups -OCH3 is 1. The first-order chi connectivity index (χ1) is 17.0. The third-order valence-corrected chi connectivity index (χ3v) is 5.93. The Bertz CT molecular complexity index is 878. The molecule has 0 aliphatic heterocycles. The molecule has 2 rings (SSSR count). The number of anilines is 2. The smallest absolute Gasteiger partial charge is 0.222 e. The standard InChI is InChI=1S/C27H45N5O3/c1-6-8-15-34-17-13-22(10-7-2)31-26-24(20(3)30-27(28)32-26)18-21-11-12-23(19-25(21)33-5)35-16-9-14-29-4/h11-12,19,22,29H,6-10,13-18H2,1-5H3,(H3,28,30,31,32)/t22-/m0/s1. The molecule has 0 aliphatic carbocycles. The van der Waals surface area contributed by atoms with Gasteiger partial charge in [0, 0.05) is 43.0 Å². The molecule has 2 aromatic rings. The van der Waals surface area contributed by atoms with Gasteiger partial charge in [-0.05, 0) is 57.8 Å². The van der Waals surface area contributed by atoms with Crippen LogP contribution < -0.4 is 25.8 Å². The third-order valence-electron chi connectivity index (χ3n) is 5.93. The minimum Gasteiger partial charge on any atom is -0.496 e. The van der Waals surface area contributed by atoms with Gasteiger partial charge >= 0.3 is 0 Å². The lowest BCUT2D eigenvalue weighted by Gasteiger charge is -2.22. The van der Waals surface area contributed by atoms with Gasteiger partial charge in [-0.2, -0.15) is 4.98 Å². The Balaban J connectivity index is 2.18. The lowest BCUT2D eigenvalue weighted by atomic mass is 10.0. The maximum atomic E-state index is 6.04. The Kier molecular flexibility index (Phi) is 13.2. The Morgan fingerprint density at radius 1 is 1.03 bits per heavy atom. The summed E-state index contributed by atoms with van der Waals surface area (Å²) in [5.74, 6) is 2.65. The summed E-state index contributed by atoms with van der Waals surface area (Å²) in [6.45, 7) is 9.47. The molecule has 0 spiro atoms. The molecule has 0 bridgehead atoms. The van der Waals surface area contributed by atoms with E-state index in [9.17, 15) is 0 Å². The van der Waals surface area contributed by atoms with Crippen LogP contribution in [0.1, 0.15) is 69.2 Å². The number of nitrogens with two attached hydrogens (primary N) is 1. The first-order valence-electron chi connectivity index (χ1n) is 12.9. The van der Waals surface area contributed by atoms with E-state index in [1.54, 1.807) is 7.11 Å². The van der Waals surface area contributed by atoms with E-state index in [-0.39, 0.29) is 12.0 Å². The highest BCUT2D eigenvalue weighted by atomic mass is 16.5. The molecule has 0 saturated heterocycles. The highest BCUT2D eigenvalue weighted by molar-refractivity contribution is 5.54. The number of unbranched alkanes of at least 4 members (excludes halogenated alkanes) is 1. The summed E-state index contributed by atoms with van der Waals surface area (Å²) >= 11 is 0. The van der Waals surface area contributed by atoms with Crippen molar-refractivity contribution in [2.45, 2.75) is 71.8 Å². The molecule has 0 amide bonds. The van der Waals surface area contributed by atoms with Gasteiger partial charge in [0.15, 0.2) is 0 Å². The van der Waals surface area contributed by atoms with E-state index in [1.807, 2.05) is 26.1 Å². The molecule has 0 aliphatic rings. The van der Waals surface area contributed by atoms with Gasteiger partial charge in [-0.1, -0.05) is 32.8 Å². The fourth-order valence-electron chi connectivity index (χ4n) is 3.94. The molecule has 1 atom stereocenters. The number of ether oxygens (including phenoxy) is 3. The zero-order chi connectivity index (χ0) is 25.5. The highest BCUT2D eigenvalue weighted by Crippen LogP contribution is 2.30. The molecule has 8 nitrogen and oxygen atoms in total. The molecule has 0 fully saturated rings. The number of rotatable bonds is 18. The molecular weight excluding hydrogens is 442 g/mol. The van der Waals surface area contributed by atoms with Gasteiger partial charge in [0.25, 0.3) is 0 Å². The van der Waals surface area contributed by atoms with Crippen molar-refractivity contribution in [3.05, 3.63) is 35.0 Å². The molecule has 1 aromatic heterocycles. The average Bonchev–Trinajstić information content (AvgIpc) is 2.84. The quantitative estimate of drug-likeness (QED) is 0.259. The van der Waals surface area contributed by atoms with Crippen molar-refractivity contribution in [2.75, 3.05) is 51.6 Å². The fraction of sp³-hybridized carbons (Fsp3) is 0.630. The second-order valence-electron chi connectivity index (χ2n) is 8.83. The van der Waals surface area contributed by atoms with Crippen molar-refractivity contribution in [3.63, 3.8) is 0 Å². The van der Waals surface area contributed by atoms with Crippen molar-refractivity contribution >= 4 is 11.8 Å². The molecular formula is C27H45N5O3. The van der Waals surface area contributed by atoms with E-state index < -0.39 is 0 Å². The zero-order valence-electron chi connectivity index (χ0n) is 22.3. The van der Waals surface area contributed by atoms with Gasteiger partial charge in [-0.15, -0.1) is 0 Å². The summed E-state index contributed by atoms with van der Waals surface area (Å²) < 4.78 is 17.4. The van der Waals surface area contributed by atoms with Gasteiger partial charge in [-0.25, -0.2) is 4.98 Å². The van der Waals surface area contributed by atoms with Crippen LogP contribution in [0.3, 0.4) is 0 Å². The van der Waals surface area contributed by atoms with Crippen LogP contribution in [0.25, 0.3) is 0 Å². The first-order valence-corrected chi connectivity index (χ1v) is 12.9. The molecule has 0 saturated carbocycles. The zero-order valence-corrected chi connectivity index (χ0v) is 22.3. The second-order valence-corrected chi connectivity index (χ2v) is 8.83. The van der Waals surface area contributed by atoms with Gasteiger partial charge in [0.1, 0.15) is 17.3 Å². The Morgan fingerprint density at radius 3 is 2.57 bits per heavy atom. The summed E-state index contributed by atoms with van der Waals surface area (Å²) in [5.41, 5.74) is 8.97. The van der Waals surface area contributed by atoms with Crippen molar-refractivity contribution in [1.82, 2.24) is 15.3 Å². The SMILES string of the molecule is CCCCOCC[C@H](CCC)Nc1nc(N)nc(C)c1Cc1ccc(OCCCNC)cc1OC. The third kappa shape index (κ3) is 9.90. The van der Waals surface area contributed by atoms with Gasteiger partial charge in [-0.3, -0.25) is 0 Å². The van der Waals surface area contributed by atoms with E-state index in [4.69, 9.17) is 19.9 Å². The number of hydrogen-bond donors (Lipinski definition) is 3. The maximum Gasteiger partial charge on any atom is 0.222 e. The van der Waals surface area contributed by atoms with Gasteiger partial charge in [0.05, 0.1) is 13.7 Å². The predicted molar refractivity (Wildman–Crippen MR) is 144 cm³/mol. The molecule has 8 heteroatoms. The summed E-state index contributed by atoms with van der Waals surface area (Å²) in [6.07, 6.45) is 6.84. The monoisotopic (exact) mass is 487 g/mol. The number of nitrogen functional groups attached to an aromatic ring is 1. The molecule has 0 radical (unpaired) electrons. The van der Waals surface area contributed by atoms with Crippen molar-refractivity contribution < 1.29 is 14.2 Å². The van der Waals surface area contributed by atoms with Gasteiger partial charge in [0.2, 0.25) is 5.95 Å². The number of benzene rings is 1. The van der Waals surface area contributed by atoms with E-state index in [2.05, 4.69) is 40.5 Å². The summed E-state index contributed by atoms with van der Waals surface area (Å²) in [7, 11) is 3.63. The number of nitrogens with zero attached hydrogens (tertiary/aromatic N) is 2. The summed E-state index contributed by atoms with van der Waals surface area (Å²) in [5, 5.41) is 6.78. The Labute approximate surface area is 211 Å². The lowest BCUT2D eigenvalue weighted by Crippen LogP contribution is -2.24. The lowest BCUT2D eigenvalue weighted by molar-refractivity contribution is 0.125. The average molecular weight is 488 g/mol. The molecule has 1 aromatic carbocycles. The van der Waals surface area contributed by atoms with Crippen molar-refractivity contribution in [2.24, 2.45) is 0 Å². The fourth-order valence-corrected chi connectivity index (χ4v) is 3.94. The van der Waals surface area contributed by atoms with E-state index in [1.165, 1.54) is 0 Å². The summed E-state index contributed by atoms with van der Waals surface area (Å²) in [4.78, 5) is 9.03. The molecule has 35 heavy (non-hydrogen) atoms. The van der Waals surface area contributed by atoms with Crippen LogP contribution in [0.2, 0.25) is 0 Å². The minimum atomic E-state index is 0.254. The van der Waals surface area contributed by atoms with Gasteiger partial charge < -0.3 is 30.6 Å². The molecule has 0 unspecified atom stereocenters. The van der Waals surface area contributed by atoms with Crippen LogP contribution in [0.15, 0.2) is 18.2 Å². The van der Waals surface area contributed by atoms with Crippen LogP contribution in [0.4, 0.5) is 11.8 Å². The number of hydrogen-bond acceptors (Lipinski definition) is 8. The molecule has 1 heterocycles. The number of aromatic nitrogens is 2. The van der Waals surface area contributed by atoms with Crippen LogP contribution in [0, 0.1) is 6.92 Å². The van der Waals surface area contributed by atoms with Crippen molar-refractivity contribution in [1.29, 1.82) is 0 Å². The van der Waals surface area contributed by atoms with Crippen LogP contribution >= 0.6 is 0 Å². The summed E-state index contributed by atoms with van der Waals surface area (Å²) in [6, 6.07) is 6.25. The predicted octanol–water partition coefficient (Wildman–Crippen LogP) is 4.74. The van der Waals surface area contributed by atoms with E-state index in [0.717, 1.165) is 92.4 Å². The highest BCUT2D eigenvalue weighted by Gasteiger charge is 2.17. The molecule has 196 valence electrons. The first kappa shape index (κ1) is 28.7. The van der Waals surface area contributed by atoms with E-state index >= 15 is 0 Å². The van der Waals surface area contributed by atoms with E-state index in [0.29, 0.717) is 13.0 Å². The Hall–Kier alpha value is -2.58. The van der Waals surface area contributed by atoms with Crippen LogP contribution in [-0.2, 0) is 11.2 Å². The maximum absolute atomic E-state index is 6.04. The minimum absolute atomic E-state index is 0.254. The normalized spacial score (nSPS) is 11.9. The number of nitrogens with one attached hydrogen (secondary N) is 2. The Morgan fingerprint density at radius 2 is 1.86 bits per heavy atom. The number of aryl methyl sites for hydroxylation is 1. The largest absolute Gasteiger partial charge is 0.496 e. The topological polar surface area (TPSA) is 104 Å². The molecule has 4 N–H and O–H groups in total. The second kappa shape index (κ2) is 16.2. The van der Waals surface area contributed by atoms with Crippen LogP contribution in [-0.4, -0.2) is 56.5 Å².